The normalized spacial score (nSPS) is 25.5. The highest BCUT2D eigenvalue weighted by Crippen LogP contribution is 2.24. The Morgan fingerprint density at radius 1 is 0.933 bits per heavy atom. The lowest BCUT2D eigenvalue weighted by atomic mass is 9.96. The van der Waals surface area contributed by atoms with Gasteiger partial charge in [-0.15, -0.1) is 0 Å². The Morgan fingerprint density at radius 3 is 2.07 bits per heavy atom. The van der Waals surface area contributed by atoms with Crippen LogP contribution in [-0.4, -0.2) is 29.2 Å². The van der Waals surface area contributed by atoms with Gasteiger partial charge in [-0.2, -0.15) is 0 Å². The highest BCUT2D eigenvalue weighted by Gasteiger charge is 2.32. The van der Waals surface area contributed by atoms with E-state index in [0.29, 0.717) is 12.6 Å². The number of likely N-dealkylation sites (tertiary alicyclic amines) is 1. The van der Waals surface area contributed by atoms with Gasteiger partial charge in [-0.05, 0) is 12.8 Å². The van der Waals surface area contributed by atoms with Crippen LogP contribution < -0.4 is 0 Å². The number of hydrogen-bond acceptors (Lipinski definition) is 2. The highest BCUT2D eigenvalue weighted by atomic mass is 16.2. The van der Waals surface area contributed by atoms with E-state index >= 15 is 0 Å². The molecular weight excluding hydrogens is 190 g/mol. The van der Waals surface area contributed by atoms with Crippen LogP contribution in [0.5, 0.6) is 0 Å². The first-order valence-corrected chi connectivity index (χ1v) is 6.08. The average Bonchev–Trinajstić information content (AvgIpc) is 2.45. The summed E-state index contributed by atoms with van der Waals surface area (Å²) in [5, 5.41) is 0. The van der Waals surface area contributed by atoms with Gasteiger partial charge >= 0.3 is 0 Å². The summed E-state index contributed by atoms with van der Waals surface area (Å²) in [6.45, 7) is 0.378. The maximum atomic E-state index is 11.6. The van der Waals surface area contributed by atoms with Crippen molar-refractivity contribution < 1.29 is 9.59 Å². The van der Waals surface area contributed by atoms with Gasteiger partial charge in [0.2, 0.25) is 5.91 Å². The zero-order chi connectivity index (χ0) is 10.7. The number of amides is 1. The molecule has 2 fully saturated rings. The molecule has 0 N–H and O–H groups in total. The number of nitrogens with zero attached hydrogens (tertiary/aromatic N) is 1. The molecule has 15 heavy (non-hydrogen) atoms. The Bertz CT molecular complexity index is 254. The van der Waals surface area contributed by atoms with Crippen molar-refractivity contribution in [3.05, 3.63) is 0 Å². The summed E-state index contributed by atoms with van der Waals surface area (Å²) in [5.41, 5.74) is 0. The number of carbonyl (C=O) groups is 2. The fourth-order valence-corrected chi connectivity index (χ4v) is 2.68. The predicted octanol–water partition coefficient (Wildman–Crippen LogP) is 1.90. The molecule has 0 aromatic carbocycles. The number of hydrogen-bond donors (Lipinski definition) is 0. The van der Waals surface area contributed by atoms with Crippen molar-refractivity contribution >= 4 is 11.7 Å². The molecule has 3 heteroatoms. The maximum Gasteiger partial charge on any atom is 0.230 e. The van der Waals surface area contributed by atoms with Gasteiger partial charge in [0.25, 0.3) is 0 Å². The topological polar surface area (TPSA) is 37.4 Å². The second kappa shape index (κ2) is 4.77. The molecule has 84 valence electrons. The molecule has 2 rings (SSSR count). The van der Waals surface area contributed by atoms with Crippen molar-refractivity contribution in [1.29, 1.82) is 0 Å². The number of rotatable bonds is 1. The second-order valence-electron chi connectivity index (χ2n) is 4.74. The largest absolute Gasteiger partial charge is 0.332 e. The minimum absolute atomic E-state index is 0.0607. The van der Waals surface area contributed by atoms with E-state index in [-0.39, 0.29) is 18.1 Å². The van der Waals surface area contributed by atoms with Gasteiger partial charge in [0.05, 0.1) is 13.0 Å². The van der Waals surface area contributed by atoms with Gasteiger partial charge in [-0.25, -0.2) is 0 Å². The Kier molecular flexibility index (Phi) is 3.39. The first-order valence-electron chi connectivity index (χ1n) is 6.08. The van der Waals surface area contributed by atoms with Gasteiger partial charge in [0.1, 0.15) is 0 Å². The molecule has 0 spiro atoms. The Balaban J connectivity index is 1.95. The molecule has 0 bridgehead atoms. The van der Waals surface area contributed by atoms with Crippen LogP contribution in [0.1, 0.15) is 51.4 Å². The Hall–Kier alpha value is -0.860. The highest BCUT2D eigenvalue weighted by molar-refractivity contribution is 6.05. The minimum atomic E-state index is 0.0607. The van der Waals surface area contributed by atoms with E-state index in [1.807, 2.05) is 4.90 Å². The Morgan fingerprint density at radius 2 is 1.53 bits per heavy atom. The lowest BCUT2D eigenvalue weighted by Crippen LogP contribution is -2.37. The summed E-state index contributed by atoms with van der Waals surface area (Å²) >= 11 is 0. The zero-order valence-corrected chi connectivity index (χ0v) is 9.21. The zero-order valence-electron chi connectivity index (χ0n) is 9.21. The van der Waals surface area contributed by atoms with Crippen LogP contribution in [0.3, 0.4) is 0 Å². The molecule has 0 aromatic heterocycles. The standard InChI is InChI=1S/C12H19NO2/c14-11-8-12(15)13(9-11)10-6-4-2-1-3-5-7-10/h10H,1-9H2. The van der Waals surface area contributed by atoms with Crippen LogP contribution in [0.15, 0.2) is 0 Å². The molecule has 0 unspecified atom stereocenters. The van der Waals surface area contributed by atoms with Gasteiger partial charge in [-0.3, -0.25) is 9.59 Å². The molecule has 1 saturated carbocycles. The molecule has 1 amide bonds. The van der Waals surface area contributed by atoms with Crippen molar-refractivity contribution in [2.75, 3.05) is 6.54 Å². The van der Waals surface area contributed by atoms with E-state index < -0.39 is 0 Å². The first-order chi connectivity index (χ1) is 7.27. The smallest absolute Gasteiger partial charge is 0.230 e. The molecule has 2 aliphatic rings. The number of Topliss-reactive ketones (excluding diaryl/α,β-unsaturated/α-hetero) is 1. The van der Waals surface area contributed by atoms with Crippen molar-refractivity contribution in [1.82, 2.24) is 4.90 Å². The summed E-state index contributed by atoms with van der Waals surface area (Å²) in [5.74, 6) is 0.160. The lowest BCUT2D eigenvalue weighted by molar-refractivity contribution is -0.130. The molecule has 1 aliphatic heterocycles. The molecule has 1 saturated heterocycles. The van der Waals surface area contributed by atoms with E-state index in [0.717, 1.165) is 12.8 Å². The number of ketones is 1. The second-order valence-corrected chi connectivity index (χ2v) is 4.74. The van der Waals surface area contributed by atoms with Gasteiger partial charge < -0.3 is 4.90 Å². The lowest BCUT2D eigenvalue weighted by Gasteiger charge is -2.28. The van der Waals surface area contributed by atoms with Crippen LogP contribution in [-0.2, 0) is 9.59 Å². The third kappa shape index (κ3) is 2.58. The molecule has 1 heterocycles. The Labute approximate surface area is 90.8 Å². The molecule has 0 aromatic rings. The van der Waals surface area contributed by atoms with E-state index in [1.165, 1.54) is 32.1 Å². The van der Waals surface area contributed by atoms with Crippen LogP contribution in [0.4, 0.5) is 0 Å². The van der Waals surface area contributed by atoms with Crippen LogP contribution in [0.2, 0.25) is 0 Å². The van der Waals surface area contributed by atoms with Gasteiger partial charge in [-0.1, -0.05) is 32.1 Å². The molecule has 0 atom stereocenters. The van der Waals surface area contributed by atoms with Crippen LogP contribution in [0.25, 0.3) is 0 Å². The van der Waals surface area contributed by atoms with Crippen molar-refractivity contribution in [2.45, 2.75) is 57.4 Å². The van der Waals surface area contributed by atoms with Crippen LogP contribution >= 0.6 is 0 Å². The summed E-state index contributed by atoms with van der Waals surface area (Å²) in [7, 11) is 0. The molecule has 1 aliphatic carbocycles. The third-order valence-electron chi connectivity index (χ3n) is 3.53. The van der Waals surface area contributed by atoms with Crippen LogP contribution in [0, 0.1) is 0 Å². The maximum absolute atomic E-state index is 11.6. The first kappa shape index (κ1) is 10.7. The van der Waals surface area contributed by atoms with Gasteiger partial charge in [0.15, 0.2) is 5.78 Å². The SMILES string of the molecule is O=C1CC(=O)N(C2CCCCCCC2)C1. The van der Waals surface area contributed by atoms with Crippen molar-refractivity contribution in [3.8, 4) is 0 Å². The van der Waals surface area contributed by atoms with Crippen molar-refractivity contribution in [3.63, 3.8) is 0 Å². The quantitative estimate of drug-likeness (QED) is 0.618. The number of carbonyl (C=O) groups excluding carboxylic acids is 2. The van der Waals surface area contributed by atoms with E-state index in [2.05, 4.69) is 0 Å². The van der Waals surface area contributed by atoms with E-state index in [9.17, 15) is 9.59 Å². The van der Waals surface area contributed by atoms with E-state index in [1.54, 1.807) is 0 Å². The van der Waals surface area contributed by atoms with Gasteiger partial charge in [0, 0.05) is 6.04 Å². The monoisotopic (exact) mass is 209 g/mol. The summed E-state index contributed by atoms with van der Waals surface area (Å²) in [6, 6.07) is 0.351. The molecule has 0 radical (unpaired) electrons. The average molecular weight is 209 g/mol. The predicted molar refractivity (Wildman–Crippen MR) is 57.4 cm³/mol. The third-order valence-corrected chi connectivity index (χ3v) is 3.53. The fraction of sp³-hybridized carbons (Fsp3) is 0.833. The van der Waals surface area contributed by atoms with E-state index in [4.69, 9.17) is 0 Å². The summed E-state index contributed by atoms with van der Waals surface area (Å²) in [4.78, 5) is 24.6. The summed E-state index contributed by atoms with van der Waals surface area (Å²) < 4.78 is 0. The molecular formula is C12H19NO2. The minimum Gasteiger partial charge on any atom is -0.332 e. The molecule has 3 nitrogen and oxygen atoms in total. The summed E-state index contributed by atoms with van der Waals surface area (Å²) in [6.07, 6.45) is 8.67. The fourth-order valence-electron chi connectivity index (χ4n) is 2.68. The van der Waals surface area contributed by atoms with Crippen molar-refractivity contribution in [2.24, 2.45) is 0 Å².